The quantitative estimate of drug-likeness (QED) is 0.618. The predicted molar refractivity (Wildman–Crippen MR) is 78.4 cm³/mol. The first-order valence-corrected chi connectivity index (χ1v) is 6.48. The van der Waals surface area contributed by atoms with Crippen LogP contribution < -0.4 is 4.74 Å². The van der Waals surface area contributed by atoms with Crippen LogP contribution in [0.5, 0.6) is 5.75 Å². The van der Waals surface area contributed by atoms with Gasteiger partial charge >= 0.3 is 0 Å². The van der Waals surface area contributed by atoms with Gasteiger partial charge in [-0.3, -0.25) is 10.1 Å². The molecule has 104 valence electrons. The number of ether oxygens (including phenoxy) is 1. The lowest BCUT2D eigenvalue weighted by atomic mass is 10.1. The van der Waals surface area contributed by atoms with E-state index >= 15 is 0 Å². The summed E-state index contributed by atoms with van der Waals surface area (Å²) < 4.78 is 5.73. The van der Waals surface area contributed by atoms with Crippen molar-refractivity contribution in [3.8, 4) is 5.75 Å². The van der Waals surface area contributed by atoms with Crippen molar-refractivity contribution in [1.82, 2.24) is 0 Å². The van der Waals surface area contributed by atoms with Crippen molar-refractivity contribution in [3.63, 3.8) is 0 Å². The van der Waals surface area contributed by atoms with Crippen molar-refractivity contribution in [2.45, 2.75) is 20.5 Å². The van der Waals surface area contributed by atoms with Crippen LogP contribution >= 0.6 is 11.6 Å². The Morgan fingerprint density at radius 3 is 2.60 bits per heavy atom. The molecule has 0 aromatic heterocycles. The van der Waals surface area contributed by atoms with Crippen molar-refractivity contribution >= 4 is 17.3 Å². The van der Waals surface area contributed by atoms with Gasteiger partial charge in [0.05, 0.1) is 9.95 Å². The second-order valence-corrected chi connectivity index (χ2v) is 5.00. The number of nitrogens with zero attached hydrogens (tertiary/aromatic N) is 1. The summed E-state index contributed by atoms with van der Waals surface area (Å²) in [5.74, 6) is 0.791. The van der Waals surface area contributed by atoms with Crippen LogP contribution in [0.1, 0.15) is 16.7 Å². The lowest BCUT2D eigenvalue weighted by Gasteiger charge is -2.11. The van der Waals surface area contributed by atoms with E-state index in [1.165, 1.54) is 12.1 Å². The third-order valence-electron chi connectivity index (χ3n) is 2.97. The molecular weight excluding hydrogens is 278 g/mol. The summed E-state index contributed by atoms with van der Waals surface area (Å²) in [7, 11) is 0. The highest BCUT2D eigenvalue weighted by atomic mass is 35.5. The van der Waals surface area contributed by atoms with E-state index in [1.807, 2.05) is 32.0 Å². The highest BCUT2D eigenvalue weighted by Crippen LogP contribution is 2.25. The normalized spacial score (nSPS) is 10.3. The number of nitro groups is 1. The third kappa shape index (κ3) is 3.27. The molecule has 0 bridgehead atoms. The van der Waals surface area contributed by atoms with Gasteiger partial charge in [0, 0.05) is 17.7 Å². The molecule has 0 spiro atoms. The third-order valence-corrected chi connectivity index (χ3v) is 3.33. The average molecular weight is 292 g/mol. The Morgan fingerprint density at radius 2 is 1.95 bits per heavy atom. The van der Waals surface area contributed by atoms with Crippen molar-refractivity contribution in [2.75, 3.05) is 0 Å². The minimum absolute atomic E-state index is 0.0227. The summed E-state index contributed by atoms with van der Waals surface area (Å²) in [5, 5.41) is 11.0. The Balaban J connectivity index is 2.15. The minimum atomic E-state index is -0.471. The van der Waals surface area contributed by atoms with Gasteiger partial charge in [-0.1, -0.05) is 23.7 Å². The molecule has 0 saturated heterocycles. The van der Waals surface area contributed by atoms with Gasteiger partial charge in [-0.05, 0) is 37.1 Å². The highest BCUT2D eigenvalue weighted by Gasteiger charge is 2.10. The summed E-state index contributed by atoms with van der Waals surface area (Å²) >= 11 is 6.03. The van der Waals surface area contributed by atoms with Crippen molar-refractivity contribution in [3.05, 3.63) is 68.2 Å². The maximum atomic E-state index is 10.6. The second-order valence-electron chi connectivity index (χ2n) is 4.59. The van der Waals surface area contributed by atoms with Gasteiger partial charge in [-0.15, -0.1) is 0 Å². The molecule has 0 heterocycles. The summed E-state index contributed by atoms with van der Waals surface area (Å²) in [6.07, 6.45) is 0. The summed E-state index contributed by atoms with van der Waals surface area (Å²) in [6, 6.07) is 10.3. The van der Waals surface area contributed by atoms with E-state index in [2.05, 4.69) is 0 Å². The summed E-state index contributed by atoms with van der Waals surface area (Å²) in [6.45, 7) is 4.23. The Labute approximate surface area is 122 Å². The van der Waals surface area contributed by atoms with E-state index in [9.17, 15) is 10.1 Å². The van der Waals surface area contributed by atoms with E-state index in [0.717, 1.165) is 22.4 Å². The maximum Gasteiger partial charge on any atom is 0.270 e. The molecule has 0 amide bonds. The van der Waals surface area contributed by atoms with Crippen LogP contribution in [-0.4, -0.2) is 4.92 Å². The molecule has 0 unspecified atom stereocenters. The molecule has 5 heteroatoms. The number of aryl methyl sites for hydroxylation is 2. The van der Waals surface area contributed by atoms with Gasteiger partial charge < -0.3 is 4.74 Å². The van der Waals surface area contributed by atoms with Crippen LogP contribution in [0.3, 0.4) is 0 Å². The van der Waals surface area contributed by atoms with Crippen molar-refractivity contribution in [2.24, 2.45) is 0 Å². The van der Waals surface area contributed by atoms with Crippen LogP contribution in [0.25, 0.3) is 0 Å². The fourth-order valence-electron chi connectivity index (χ4n) is 1.79. The average Bonchev–Trinajstić information content (AvgIpc) is 2.40. The number of hydrogen-bond donors (Lipinski definition) is 0. The molecule has 0 fully saturated rings. The van der Waals surface area contributed by atoms with E-state index in [-0.39, 0.29) is 12.3 Å². The van der Waals surface area contributed by atoms with Crippen LogP contribution in [0.15, 0.2) is 36.4 Å². The van der Waals surface area contributed by atoms with Gasteiger partial charge in [-0.25, -0.2) is 0 Å². The number of non-ortho nitro benzene ring substituents is 1. The SMILES string of the molecule is Cc1ccc(C)c(OCc2ccc([N+](=O)[O-])cc2Cl)c1. The molecule has 2 aromatic carbocycles. The molecule has 4 nitrogen and oxygen atoms in total. The smallest absolute Gasteiger partial charge is 0.270 e. The van der Waals surface area contributed by atoms with Gasteiger partial charge in [0.15, 0.2) is 0 Å². The highest BCUT2D eigenvalue weighted by molar-refractivity contribution is 6.31. The maximum absolute atomic E-state index is 10.6. The predicted octanol–water partition coefficient (Wildman–Crippen LogP) is 4.44. The number of benzene rings is 2. The van der Waals surface area contributed by atoms with E-state index in [0.29, 0.717) is 5.02 Å². The number of nitro benzene ring substituents is 1. The molecule has 0 aliphatic rings. The molecule has 0 N–H and O–H groups in total. The molecule has 0 atom stereocenters. The molecule has 2 rings (SSSR count). The molecule has 0 aliphatic heterocycles. The molecule has 0 radical (unpaired) electrons. The van der Waals surface area contributed by atoms with E-state index in [4.69, 9.17) is 16.3 Å². The van der Waals surface area contributed by atoms with Gasteiger partial charge in [0.1, 0.15) is 12.4 Å². The fraction of sp³-hybridized carbons (Fsp3) is 0.200. The van der Waals surface area contributed by atoms with Gasteiger partial charge in [0.2, 0.25) is 0 Å². The molecule has 0 aliphatic carbocycles. The number of hydrogen-bond acceptors (Lipinski definition) is 3. The zero-order chi connectivity index (χ0) is 14.7. The summed E-state index contributed by atoms with van der Waals surface area (Å²) in [4.78, 5) is 10.2. The largest absolute Gasteiger partial charge is 0.489 e. The second kappa shape index (κ2) is 5.92. The summed E-state index contributed by atoms with van der Waals surface area (Å²) in [5.41, 5.74) is 2.85. The van der Waals surface area contributed by atoms with Crippen molar-refractivity contribution < 1.29 is 9.66 Å². The topological polar surface area (TPSA) is 52.4 Å². The zero-order valence-electron chi connectivity index (χ0n) is 11.2. The standard InChI is InChI=1S/C15H14ClNO3/c1-10-3-4-11(2)15(7-10)20-9-12-5-6-13(17(18)19)8-14(12)16/h3-8H,9H2,1-2H3. The fourth-order valence-corrected chi connectivity index (χ4v) is 2.01. The molecule has 0 saturated carbocycles. The number of rotatable bonds is 4. The zero-order valence-corrected chi connectivity index (χ0v) is 12.0. The lowest BCUT2D eigenvalue weighted by Crippen LogP contribution is -1.99. The minimum Gasteiger partial charge on any atom is -0.489 e. The van der Waals surface area contributed by atoms with Crippen LogP contribution in [0.4, 0.5) is 5.69 Å². The van der Waals surface area contributed by atoms with E-state index < -0.39 is 4.92 Å². The Kier molecular flexibility index (Phi) is 4.25. The van der Waals surface area contributed by atoms with Crippen LogP contribution in [0, 0.1) is 24.0 Å². The Morgan fingerprint density at radius 1 is 1.20 bits per heavy atom. The van der Waals surface area contributed by atoms with Crippen LogP contribution in [-0.2, 0) is 6.61 Å². The molecule has 20 heavy (non-hydrogen) atoms. The molecule has 2 aromatic rings. The lowest BCUT2D eigenvalue weighted by molar-refractivity contribution is -0.384. The Bertz CT molecular complexity index is 656. The first-order valence-electron chi connectivity index (χ1n) is 6.10. The van der Waals surface area contributed by atoms with Crippen LogP contribution in [0.2, 0.25) is 5.02 Å². The Hall–Kier alpha value is -2.07. The van der Waals surface area contributed by atoms with Crippen molar-refractivity contribution in [1.29, 1.82) is 0 Å². The number of halogens is 1. The monoisotopic (exact) mass is 291 g/mol. The van der Waals surface area contributed by atoms with Gasteiger partial charge in [-0.2, -0.15) is 0 Å². The first kappa shape index (κ1) is 14.3. The molecular formula is C15H14ClNO3. The van der Waals surface area contributed by atoms with Gasteiger partial charge in [0.25, 0.3) is 5.69 Å². The first-order chi connectivity index (χ1) is 9.47. The van der Waals surface area contributed by atoms with E-state index in [1.54, 1.807) is 6.07 Å².